The fourth-order valence-electron chi connectivity index (χ4n) is 3.61. The first-order valence-electron chi connectivity index (χ1n) is 14.2. The van der Waals surface area contributed by atoms with Crippen molar-refractivity contribution < 1.29 is 56.6 Å². The summed E-state index contributed by atoms with van der Waals surface area (Å²) in [5, 5.41) is 30.6. The molecule has 0 fully saturated rings. The van der Waals surface area contributed by atoms with Crippen molar-refractivity contribution in [2.24, 2.45) is 5.73 Å². The molecule has 8 N–H and O–H groups in total. The number of hydrogen-bond acceptors (Lipinski definition) is 9. The molecule has 0 bridgehead atoms. The van der Waals surface area contributed by atoms with Gasteiger partial charge in [0.2, 0.25) is 5.91 Å². The zero-order chi connectivity index (χ0) is 34.5. The lowest BCUT2D eigenvalue weighted by Gasteiger charge is -2.21. The summed E-state index contributed by atoms with van der Waals surface area (Å²) in [7, 11) is 0. The molecule has 0 saturated carbocycles. The Morgan fingerprint density at radius 3 is 2.13 bits per heavy atom. The van der Waals surface area contributed by atoms with Crippen molar-refractivity contribution >= 4 is 30.0 Å². The van der Waals surface area contributed by atoms with Crippen LogP contribution < -0.4 is 27.0 Å². The van der Waals surface area contributed by atoms with Crippen molar-refractivity contribution in [3.8, 4) is 0 Å². The van der Waals surface area contributed by atoms with Gasteiger partial charge in [-0.25, -0.2) is 19.2 Å². The third-order valence-electron chi connectivity index (χ3n) is 5.93. The standard InChI is InChI=1S/C26H38N6O7.C2HF3O2/c1-18-15-20(39-32-18)16-29-23(33)21(30-25(36)31-22(24(34)35)12-5-7-13-27)11-6-8-14-28-26(37)38-17-19-9-3-2-4-10-19;3-2(4,5)1(6)7/h2-4,9-10,15,21-22H,5-8,11-14,16-17,27H2,1H3,(H,28,37)(H,29,33)(H,34,35)(H2,30,31,36);(H,6,7)/t21-,22+;/m1./s1. The molecule has 0 aliphatic rings. The smallest absolute Gasteiger partial charge is 0.480 e. The number of carbonyl (C=O) groups is 5. The van der Waals surface area contributed by atoms with E-state index in [1.807, 2.05) is 30.3 Å². The van der Waals surface area contributed by atoms with Gasteiger partial charge in [0, 0.05) is 12.6 Å². The molecule has 0 radical (unpaired) electrons. The van der Waals surface area contributed by atoms with Crippen LogP contribution >= 0.6 is 0 Å². The van der Waals surface area contributed by atoms with Crippen molar-refractivity contribution in [2.75, 3.05) is 13.1 Å². The molecule has 0 aliphatic heterocycles. The fourth-order valence-corrected chi connectivity index (χ4v) is 3.61. The van der Waals surface area contributed by atoms with Crippen LogP contribution in [0.15, 0.2) is 40.9 Å². The summed E-state index contributed by atoms with van der Waals surface area (Å²) in [6.07, 6.45) is -3.00. The van der Waals surface area contributed by atoms with Crippen LogP contribution in [0.5, 0.6) is 0 Å². The Bertz CT molecular complexity index is 1240. The normalized spacial score (nSPS) is 12.0. The molecule has 15 nitrogen and oxygen atoms in total. The highest BCUT2D eigenvalue weighted by molar-refractivity contribution is 5.88. The molecule has 0 aliphatic carbocycles. The molecule has 4 amide bonds. The highest BCUT2D eigenvalue weighted by Gasteiger charge is 2.38. The van der Waals surface area contributed by atoms with E-state index in [0.717, 1.165) is 5.56 Å². The Morgan fingerprint density at radius 2 is 1.57 bits per heavy atom. The maximum Gasteiger partial charge on any atom is 0.490 e. The lowest BCUT2D eigenvalue weighted by atomic mass is 10.1. The van der Waals surface area contributed by atoms with E-state index in [4.69, 9.17) is 24.9 Å². The first-order valence-corrected chi connectivity index (χ1v) is 14.2. The fraction of sp³-hybridized carbons (Fsp3) is 0.500. The number of unbranched alkanes of at least 4 members (excludes halogenated alkanes) is 2. The number of hydrogen-bond donors (Lipinski definition) is 7. The molecule has 2 atom stereocenters. The van der Waals surface area contributed by atoms with Gasteiger partial charge in [-0.3, -0.25) is 4.79 Å². The summed E-state index contributed by atoms with van der Waals surface area (Å²) < 4.78 is 42.0. The van der Waals surface area contributed by atoms with Gasteiger partial charge in [0.15, 0.2) is 5.76 Å². The number of carboxylic acids is 2. The molecule has 18 heteroatoms. The van der Waals surface area contributed by atoms with E-state index in [1.165, 1.54) is 0 Å². The number of halogens is 3. The Balaban J connectivity index is 0.00000135. The summed E-state index contributed by atoms with van der Waals surface area (Å²) >= 11 is 0. The number of ether oxygens (including phenoxy) is 1. The number of nitrogens with two attached hydrogens (primary N) is 1. The molecule has 0 saturated heterocycles. The van der Waals surface area contributed by atoms with Crippen LogP contribution in [0, 0.1) is 6.92 Å². The van der Waals surface area contributed by atoms with Gasteiger partial charge in [-0.1, -0.05) is 35.5 Å². The van der Waals surface area contributed by atoms with Gasteiger partial charge in [-0.15, -0.1) is 0 Å². The zero-order valence-electron chi connectivity index (χ0n) is 25.1. The van der Waals surface area contributed by atoms with Crippen molar-refractivity contribution in [3.63, 3.8) is 0 Å². The van der Waals surface area contributed by atoms with E-state index >= 15 is 0 Å². The van der Waals surface area contributed by atoms with E-state index in [-0.39, 0.29) is 26.0 Å². The SMILES string of the molecule is Cc1cc(CNC(=O)[C@@H](CCCCNC(=O)OCc2ccccc2)NC(=O)N[C@@H](CCCCN)C(=O)O)on1.O=C(O)C(F)(F)F. The van der Waals surface area contributed by atoms with Crippen molar-refractivity contribution in [1.29, 1.82) is 0 Å². The van der Waals surface area contributed by atoms with Gasteiger partial charge in [-0.2, -0.15) is 13.2 Å². The number of carboxylic acid groups (broad SMARTS) is 2. The molecule has 2 rings (SSSR count). The average Bonchev–Trinajstić information content (AvgIpc) is 3.42. The Labute approximate surface area is 262 Å². The highest BCUT2D eigenvalue weighted by atomic mass is 19.4. The second-order valence-corrected chi connectivity index (χ2v) is 9.79. The van der Waals surface area contributed by atoms with Gasteiger partial charge in [-0.05, 0) is 57.6 Å². The number of urea groups is 1. The molecule has 1 aromatic heterocycles. The first kappa shape index (κ1) is 39.2. The number of aryl methyl sites for hydroxylation is 1. The Kier molecular flexibility index (Phi) is 17.8. The molecular formula is C28H39F3N6O9. The van der Waals surface area contributed by atoms with Crippen LogP contribution in [-0.4, -0.2) is 76.7 Å². The van der Waals surface area contributed by atoms with Gasteiger partial charge in [0.25, 0.3) is 0 Å². The maximum absolute atomic E-state index is 12.8. The van der Waals surface area contributed by atoms with E-state index in [0.29, 0.717) is 50.2 Å². The van der Waals surface area contributed by atoms with E-state index in [2.05, 4.69) is 26.4 Å². The summed E-state index contributed by atoms with van der Waals surface area (Å²) in [5.74, 6) is -3.95. The average molecular weight is 661 g/mol. The number of amides is 4. The molecular weight excluding hydrogens is 621 g/mol. The molecule has 0 spiro atoms. The van der Waals surface area contributed by atoms with Crippen LogP contribution in [0.2, 0.25) is 0 Å². The summed E-state index contributed by atoms with van der Waals surface area (Å²) in [4.78, 5) is 57.7. The maximum atomic E-state index is 12.8. The third-order valence-corrected chi connectivity index (χ3v) is 5.93. The summed E-state index contributed by atoms with van der Waals surface area (Å²) in [6, 6.07) is 8.14. The Morgan fingerprint density at radius 1 is 0.957 bits per heavy atom. The minimum absolute atomic E-state index is 0.0745. The predicted octanol–water partition coefficient (Wildman–Crippen LogP) is 2.58. The first-order chi connectivity index (χ1) is 21.7. The predicted molar refractivity (Wildman–Crippen MR) is 155 cm³/mol. The molecule has 256 valence electrons. The molecule has 1 heterocycles. The summed E-state index contributed by atoms with van der Waals surface area (Å²) in [6.45, 7) is 2.72. The molecule has 46 heavy (non-hydrogen) atoms. The van der Waals surface area contributed by atoms with Crippen molar-refractivity contribution in [3.05, 3.63) is 53.4 Å². The van der Waals surface area contributed by atoms with Crippen LogP contribution in [0.25, 0.3) is 0 Å². The topological polar surface area (TPSA) is 235 Å². The monoisotopic (exact) mass is 660 g/mol. The van der Waals surface area contributed by atoms with E-state index in [1.54, 1.807) is 13.0 Å². The van der Waals surface area contributed by atoms with Crippen molar-refractivity contribution in [1.82, 2.24) is 26.4 Å². The Hall–Kier alpha value is -4.87. The summed E-state index contributed by atoms with van der Waals surface area (Å²) in [5.41, 5.74) is 6.99. The van der Waals surface area contributed by atoms with E-state index in [9.17, 15) is 37.5 Å². The largest absolute Gasteiger partial charge is 0.490 e. The van der Waals surface area contributed by atoms with Gasteiger partial charge in [0.05, 0.1) is 12.2 Å². The van der Waals surface area contributed by atoms with Crippen molar-refractivity contribution in [2.45, 2.75) is 76.9 Å². The number of aliphatic carboxylic acids is 2. The van der Waals surface area contributed by atoms with Crippen LogP contribution in [0.4, 0.5) is 22.8 Å². The minimum atomic E-state index is -5.08. The van der Waals surface area contributed by atoms with Crippen LogP contribution in [0.1, 0.15) is 55.5 Å². The zero-order valence-corrected chi connectivity index (χ0v) is 25.1. The number of nitrogens with zero attached hydrogens (tertiary/aromatic N) is 1. The van der Waals surface area contributed by atoms with E-state index < -0.39 is 48.2 Å². The number of carbonyl (C=O) groups excluding carboxylic acids is 3. The highest BCUT2D eigenvalue weighted by Crippen LogP contribution is 2.13. The molecule has 1 aromatic carbocycles. The molecule has 2 aromatic rings. The lowest BCUT2D eigenvalue weighted by molar-refractivity contribution is -0.192. The number of alkyl carbamates (subject to hydrolysis) is 1. The number of rotatable bonds is 17. The molecule has 0 unspecified atom stereocenters. The second-order valence-electron chi connectivity index (χ2n) is 9.79. The third kappa shape index (κ3) is 17.4. The number of aromatic nitrogens is 1. The number of alkyl halides is 3. The van der Waals surface area contributed by atoms with Gasteiger partial charge in [0.1, 0.15) is 18.7 Å². The van der Waals surface area contributed by atoms with Gasteiger partial charge < -0.3 is 46.5 Å². The quantitative estimate of drug-likeness (QED) is 0.122. The lowest BCUT2D eigenvalue weighted by Crippen LogP contribution is -2.53. The van der Waals surface area contributed by atoms with Gasteiger partial charge >= 0.3 is 30.2 Å². The van der Waals surface area contributed by atoms with Crippen LogP contribution in [-0.2, 0) is 32.3 Å². The second kappa shape index (κ2) is 21.0. The number of benzene rings is 1. The van der Waals surface area contributed by atoms with Crippen LogP contribution in [0.3, 0.4) is 0 Å². The number of nitrogens with one attached hydrogen (secondary N) is 4. The minimum Gasteiger partial charge on any atom is -0.480 e.